The number of carbonyl (C=O) groups is 1. The second kappa shape index (κ2) is 5.55. The Kier molecular flexibility index (Phi) is 3.84. The molecule has 0 saturated carbocycles. The molecule has 3 N–H and O–H groups in total. The number of anilines is 1. The second-order valence-corrected chi connectivity index (χ2v) is 4.77. The molecule has 1 heterocycles. The van der Waals surface area contributed by atoms with Gasteiger partial charge in [-0.2, -0.15) is 0 Å². The van der Waals surface area contributed by atoms with Crippen LogP contribution in [0.5, 0.6) is 5.75 Å². The van der Waals surface area contributed by atoms with Crippen molar-refractivity contribution in [3.63, 3.8) is 0 Å². The molecule has 1 aromatic carbocycles. The van der Waals surface area contributed by atoms with Crippen LogP contribution in [0.4, 0.5) is 5.69 Å². The predicted molar refractivity (Wildman–Crippen MR) is 71.3 cm³/mol. The van der Waals surface area contributed by atoms with Crippen LogP contribution in [0.2, 0.25) is 0 Å². The number of carboxylic acids is 1. The Balaban J connectivity index is 1.95. The molecule has 0 aliphatic rings. The van der Waals surface area contributed by atoms with Gasteiger partial charge in [0, 0.05) is 11.3 Å². The molecule has 0 atom stereocenters. The summed E-state index contributed by atoms with van der Waals surface area (Å²) in [5, 5.41) is 10.8. The van der Waals surface area contributed by atoms with Crippen molar-refractivity contribution < 1.29 is 14.6 Å². The normalized spacial score (nSPS) is 10.2. The highest BCUT2D eigenvalue weighted by atomic mass is 32.1. The van der Waals surface area contributed by atoms with E-state index in [4.69, 9.17) is 15.6 Å². The van der Waals surface area contributed by atoms with Crippen LogP contribution in [-0.2, 0) is 6.42 Å². The fourth-order valence-electron chi connectivity index (χ4n) is 1.53. The van der Waals surface area contributed by atoms with Crippen molar-refractivity contribution in [1.29, 1.82) is 0 Å². The molecule has 0 fully saturated rings. The van der Waals surface area contributed by atoms with Crippen molar-refractivity contribution in [3.8, 4) is 5.75 Å². The number of ether oxygens (including phenoxy) is 1. The molecule has 1 aromatic heterocycles. The first-order chi connectivity index (χ1) is 8.66. The van der Waals surface area contributed by atoms with Crippen LogP contribution in [-0.4, -0.2) is 17.7 Å². The average molecular weight is 263 g/mol. The van der Waals surface area contributed by atoms with Crippen LogP contribution in [0, 0.1) is 0 Å². The Morgan fingerprint density at radius 1 is 1.39 bits per heavy atom. The number of rotatable bonds is 5. The molecule has 94 valence electrons. The number of thiophene rings is 1. The molecule has 18 heavy (non-hydrogen) atoms. The smallest absolute Gasteiger partial charge is 0.335 e. The molecule has 0 aliphatic heterocycles. The van der Waals surface area contributed by atoms with Crippen LogP contribution in [0.3, 0.4) is 0 Å². The zero-order chi connectivity index (χ0) is 13.0. The summed E-state index contributed by atoms with van der Waals surface area (Å²) in [6.45, 7) is 0.525. The number of aromatic carboxylic acids is 1. The summed E-state index contributed by atoms with van der Waals surface area (Å²) in [5.74, 6) is -0.469. The van der Waals surface area contributed by atoms with E-state index in [1.165, 1.54) is 17.0 Å². The summed E-state index contributed by atoms with van der Waals surface area (Å²) in [6, 6.07) is 8.52. The van der Waals surface area contributed by atoms with Crippen LogP contribution in [0.15, 0.2) is 35.7 Å². The summed E-state index contributed by atoms with van der Waals surface area (Å²) in [6.07, 6.45) is 0.817. The standard InChI is InChI=1S/C13H13NO3S/c14-11-8-9(13(15)16)3-4-12(11)17-6-5-10-2-1-7-18-10/h1-4,7-8H,5-6,14H2,(H,15,16). The number of carboxylic acid groups (broad SMARTS) is 1. The largest absolute Gasteiger partial charge is 0.491 e. The van der Waals surface area contributed by atoms with E-state index in [9.17, 15) is 4.79 Å². The highest BCUT2D eigenvalue weighted by molar-refractivity contribution is 7.09. The number of nitrogen functional groups attached to an aromatic ring is 1. The number of hydrogen-bond donors (Lipinski definition) is 2. The first-order valence-corrected chi connectivity index (χ1v) is 6.33. The van der Waals surface area contributed by atoms with Gasteiger partial charge in [-0.3, -0.25) is 0 Å². The van der Waals surface area contributed by atoms with Crippen LogP contribution in [0.25, 0.3) is 0 Å². The summed E-state index contributed by atoms with van der Waals surface area (Å²) in [4.78, 5) is 12.0. The molecule has 0 spiro atoms. The molecular weight excluding hydrogens is 250 g/mol. The number of nitrogens with two attached hydrogens (primary N) is 1. The van der Waals surface area contributed by atoms with E-state index in [0.717, 1.165) is 6.42 Å². The van der Waals surface area contributed by atoms with Gasteiger partial charge in [0.25, 0.3) is 0 Å². The average Bonchev–Trinajstić information content (AvgIpc) is 2.84. The Morgan fingerprint density at radius 2 is 2.22 bits per heavy atom. The quantitative estimate of drug-likeness (QED) is 0.813. The van der Waals surface area contributed by atoms with E-state index in [1.54, 1.807) is 17.4 Å². The van der Waals surface area contributed by atoms with E-state index < -0.39 is 5.97 Å². The third-order valence-electron chi connectivity index (χ3n) is 2.44. The van der Waals surface area contributed by atoms with Crippen molar-refractivity contribution in [3.05, 3.63) is 46.2 Å². The van der Waals surface area contributed by atoms with Gasteiger partial charge in [-0.1, -0.05) is 6.07 Å². The van der Waals surface area contributed by atoms with Gasteiger partial charge in [-0.15, -0.1) is 11.3 Å². The van der Waals surface area contributed by atoms with E-state index >= 15 is 0 Å². The van der Waals surface area contributed by atoms with Crippen molar-refractivity contribution in [1.82, 2.24) is 0 Å². The van der Waals surface area contributed by atoms with E-state index in [2.05, 4.69) is 0 Å². The maximum Gasteiger partial charge on any atom is 0.335 e. The van der Waals surface area contributed by atoms with E-state index in [1.807, 2.05) is 17.5 Å². The minimum atomic E-state index is -0.994. The molecule has 0 unspecified atom stereocenters. The third-order valence-corrected chi connectivity index (χ3v) is 3.38. The monoisotopic (exact) mass is 263 g/mol. The first kappa shape index (κ1) is 12.4. The molecule has 2 rings (SSSR count). The lowest BCUT2D eigenvalue weighted by molar-refractivity contribution is 0.0697. The molecule has 4 nitrogen and oxygen atoms in total. The molecule has 5 heteroatoms. The van der Waals surface area contributed by atoms with Gasteiger partial charge >= 0.3 is 5.97 Å². The lowest BCUT2D eigenvalue weighted by Gasteiger charge is -2.08. The zero-order valence-corrected chi connectivity index (χ0v) is 10.4. The molecule has 0 radical (unpaired) electrons. The minimum Gasteiger partial charge on any atom is -0.491 e. The van der Waals surface area contributed by atoms with Crippen molar-refractivity contribution >= 4 is 23.0 Å². The number of hydrogen-bond acceptors (Lipinski definition) is 4. The van der Waals surface area contributed by atoms with E-state index in [0.29, 0.717) is 18.0 Å². The van der Waals surface area contributed by atoms with Crippen LogP contribution >= 0.6 is 11.3 Å². The Hall–Kier alpha value is -2.01. The zero-order valence-electron chi connectivity index (χ0n) is 9.63. The number of benzene rings is 1. The maximum absolute atomic E-state index is 10.7. The first-order valence-electron chi connectivity index (χ1n) is 5.45. The van der Waals surface area contributed by atoms with Gasteiger partial charge in [0.15, 0.2) is 0 Å². The van der Waals surface area contributed by atoms with E-state index in [-0.39, 0.29) is 5.56 Å². The lowest BCUT2D eigenvalue weighted by Crippen LogP contribution is -2.04. The molecule has 0 amide bonds. The SMILES string of the molecule is Nc1cc(C(=O)O)ccc1OCCc1cccs1. The van der Waals surface area contributed by atoms with Gasteiger partial charge in [-0.05, 0) is 29.6 Å². The Morgan fingerprint density at radius 3 is 2.83 bits per heavy atom. The van der Waals surface area contributed by atoms with Gasteiger partial charge < -0.3 is 15.6 Å². The molecule has 2 aromatic rings. The van der Waals surface area contributed by atoms with Crippen LogP contribution in [0.1, 0.15) is 15.2 Å². The highest BCUT2D eigenvalue weighted by Gasteiger charge is 2.07. The fourth-order valence-corrected chi connectivity index (χ4v) is 2.22. The Bertz CT molecular complexity index is 537. The molecule has 0 bridgehead atoms. The van der Waals surface area contributed by atoms with Crippen molar-refractivity contribution in [2.45, 2.75) is 6.42 Å². The molecular formula is C13H13NO3S. The predicted octanol–water partition coefficient (Wildman–Crippen LogP) is 2.65. The van der Waals surface area contributed by atoms with Crippen molar-refractivity contribution in [2.24, 2.45) is 0 Å². The van der Waals surface area contributed by atoms with Crippen LogP contribution < -0.4 is 10.5 Å². The van der Waals surface area contributed by atoms with Gasteiger partial charge in [0.05, 0.1) is 17.9 Å². The Labute approximate surface area is 109 Å². The maximum atomic E-state index is 10.7. The summed E-state index contributed by atoms with van der Waals surface area (Å²) in [7, 11) is 0. The topological polar surface area (TPSA) is 72.6 Å². The summed E-state index contributed by atoms with van der Waals surface area (Å²) >= 11 is 1.68. The minimum absolute atomic E-state index is 0.165. The summed E-state index contributed by atoms with van der Waals surface area (Å²) < 4.78 is 5.53. The summed E-state index contributed by atoms with van der Waals surface area (Å²) in [5.41, 5.74) is 6.25. The second-order valence-electron chi connectivity index (χ2n) is 3.74. The van der Waals surface area contributed by atoms with Gasteiger partial charge in [0.2, 0.25) is 0 Å². The fraction of sp³-hybridized carbons (Fsp3) is 0.154. The molecule has 0 aliphatic carbocycles. The molecule has 0 saturated heterocycles. The third kappa shape index (κ3) is 3.01. The highest BCUT2D eigenvalue weighted by Crippen LogP contribution is 2.23. The van der Waals surface area contributed by atoms with Gasteiger partial charge in [-0.25, -0.2) is 4.79 Å². The van der Waals surface area contributed by atoms with Gasteiger partial charge in [0.1, 0.15) is 5.75 Å². The van der Waals surface area contributed by atoms with Crippen molar-refractivity contribution in [2.75, 3.05) is 12.3 Å². The lowest BCUT2D eigenvalue weighted by atomic mass is 10.2.